The van der Waals surface area contributed by atoms with E-state index in [1.54, 1.807) is 6.07 Å². The van der Waals surface area contributed by atoms with E-state index in [0.717, 1.165) is 4.90 Å². The smallest absolute Gasteiger partial charge is 0.263 e. The monoisotopic (exact) mass is 276 g/mol. The maximum absolute atomic E-state index is 12.2. The van der Waals surface area contributed by atoms with Gasteiger partial charge in [-0.1, -0.05) is 11.6 Å². The normalized spacial score (nSPS) is 25.6. The molecule has 0 N–H and O–H groups in total. The molecule has 2 aliphatic heterocycles. The van der Waals surface area contributed by atoms with E-state index in [9.17, 15) is 9.59 Å². The maximum atomic E-state index is 12.2. The quantitative estimate of drug-likeness (QED) is 0.731. The number of nitrogens with zero attached hydrogens (tertiary/aromatic N) is 2. The molecule has 2 atom stereocenters. The fraction of sp³-hybridized carbons (Fsp3) is 0.308. The van der Waals surface area contributed by atoms with Crippen LogP contribution in [0.4, 0.5) is 5.69 Å². The Hall–Kier alpha value is -1.90. The molecule has 2 heterocycles. The Bertz CT molecular complexity index is 601. The van der Waals surface area contributed by atoms with Gasteiger partial charge in [0.1, 0.15) is 18.3 Å². The van der Waals surface area contributed by atoms with Gasteiger partial charge in [-0.25, -0.2) is 4.90 Å². The molecule has 3 rings (SSSR count). The molecule has 0 aliphatic carbocycles. The Morgan fingerprint density at radius 1 is 1.26 bits per heavy atom. The van der Waals surface area contributed by atoms with Gasteiger partial charge in [0.05, 0.1) is 11.3 Å². The Balaban J connectivity index is 2.11. The summed E-state index contributed by atoms with van der Waals surface area (Å²) in [6.07, 6.45) is -0.107. The zero-order chi connectivity index (χ0) is 13.6. The van der Waals surface area contributed by atoms with Crippen LogP contribution < -0.4 is 4.90 Å². The minimum atomic E-state index is -0.590. The van der Waals surface area contributed by atoms with Crippen LogP contribution in [-0.2, 0) is 14.3 Å². The number of anilines is 1. The standard InChI is InChI=1S/C13H9ClN2O3/c14-8-2-1-7(6-15)9(5-8)16-12(17)10-3-4-11(19-10)13(16)18/h1-2,5,10-11H,3-4H2. The van der Waals surface area contributed by atoms with Gasteiger partial charge in [-0.3, -0.25) is 9.59 Å². The number of imide groups is 1. The van der Waals surface area contributed by atoms with Gasteiger partial charge in [-0.2, -0.15) is 5.26 Å². The predicted molar refractivity (Wildman–Crippen MR) is 66.6 cm³/mol. The molecule has 2 unspecified atom stereocenters. The third-order valence-corrected chi connectivity index (χ3v) is 3.57. The van der Waals surface area contributed by atoms with E-state index >= 15 is 0 Å². The summed E-state index contributed by atoms with van der Waals surface area (Å²) in [4.78, 5) is 25.4. The van der Waals surface area contributed by atoms with Crippen molar-refractivity contribution in [1.82, 2.24) is 0 Å². The van der Waals surface area contributed by atoms with Crippen molar-refractivity contribution in [3.8, 4) is 6.07 Å². The van der Waals surface area contributed by atoms with Crippen molar-refractivity contribution in [3.05, 3.63) is 28.8 Å². The van der Waals surface area contributed by atoms with Gasteiger partial charge in [0.25, 0.3) is 11.8 Å². The highest BCUT2D eigenvalue weighted by Gasteiger charge is 2.47. The highest BCUT2D eigenvalue weighted by molar-refractivity contribution is 6.31. The molecule has 0 radical (unpaired) electrons. The molecule has 2 amide bonds. The van der Waals surface area contributed by atoms with Crippen LogP contribution in [0, 0.1) is 11.3 Å². The number of benzene rings is 1. The Morgan fingerprint density at radius 3 is 2.47 bits per heavy atom. The van der Waals surface area contributed by atoms with E-state index in [0.29, 0.717) is 17.9 Å². The van der Waals surface area contributed by atoms with Gasteiger partial charge in [-0.05, 0) is 31.0 Å². The lowest BCUT2D eigenvalue weighted by Gasteiger charge is -2.30. The van der Waals surface area contributed by atoms with Crippen molar-refractivity contribution >= 4 is 29.1 Å². The lowest BCUT2D eigenvalue weighted by atomic mass is 10.1. The molecule has 6 heteroatoms. The number of rotatable bonds is 1. The van der Waals surface area contributed by atoms with Crippen LogP contribution in [0.1, 0.15) is 18.4 Å². The van der Waals surface area contributed by atoms with E-state index in [-0.39, 0.29) is 11.3 Å². The average molecular weight is 277 g/mol. The number of morpholine rings is 1. The average Bonchev–Trinajstić information content (AvgIpc) is 2.84. The SMILES string of the molecule is N#Cc1ccc(Cl)cc1N1C(=O)C2CCC(O2)C1=O. The Labute approximate surface area is 114 Å². The van der Waals surface area contributed by atoms with Gasteiger partial charge in [0, 0.05) is 5.02 Å². The summed E-state index contributed by atoms with van der Waals surface area (Å²) in [5.41, 5.74) is 0.484. The summed E-state index contributed by atoms with van der Waals surface area (Å²) in [5, 5.41) is 9.46. The van der Waals surface area contributed by atoms with E-state index in [1.165, 1.54) is 12.1 Å². The number of ether oxygens (including phenoxy) is 1. The predicted octanol–water partition coefficient (Wildman–Crippen LogP) is 1.63. The van der Waals surface area contributed by atoms with Crippen molar-refractivity contribution in [1.29, 1.82) is 5.26 Å². The molecule has 19 heavy (non-hydrogen) atoms. The van der Waals surface area contributed by atoms with Gasteiger partial charge in [-0.15, -0.1) is 0 Å². The third-order valence-electron chi connectivity index (χ3n) is 3.33. The molecule has 2 bridgehead atoms. The fourth-order valence-electron chi connectivity index (χ4n) is 2.42. The van der Waals surface area contributed by atoms with Crippen LogP contribution in [0.25, 0.3) is 0 Å². The first kappa shape index (κ1) is 12.2. The lowest BCUT2D eigenvalue weighted by Crippen LogP contribution is -2.52. The van der Waals surface area contributed by atoms with Gasteiger partial charge >= 0.3 is 0 Å². The van der Waals surface area contributed by atoms with Crippen molar-refractivity contribution in [2.24, 2.45) is 0 Å². The second-order valence-corrected chi connectivity index (χ2v) is 4.91. The lowest BCUT2D eigenvalue weighted by molar-refractivity contribution is -0.146. The first-order valence-electron chi connectivity index (χ1n) is 5.84. The highest BCUT2D eigenvalue weighted by Crippen LogP contribution is 2.34. The Morgan fingerprint density at radius 2 is 1.89 bits per heavy atom. The minimum absolute atomic E-state index is 0.241. The van der Waals surface area contributed by atoms with Gasteiger partial charge in [0.15, 0.2) is 0 Å². The summed E-state index contributed by atoms with van der Waals surface area (Å²) in [5.74, 6) is -0.838. The number of amides is 2. The van der Waals surface area contributed by atoms with Gasteiger partial charge < -0.3 is 4.74 Å². The molecule has 0 spiro atoms. The van der Waals surface area contributed by atoms with E-state index in [2.05, 4.69) is 0 Å². The van der Waals surface area contributed by atoms with Gasteiger partial charge in [0.2, 0.25) is 0 Å². The van der Waals surface area contributed by atoms with Crippen molar-refractivity contribution in [3.63, 3.8) is 0 Å². The highest BCUT2D eigenvalue weighted by atomic mass is 35.5. The van der Waals surface area contributed by atoms with E-state index in [4.69, 9.17) is 21.6 Å². The molecule has 5 nitrogen and oxygen atoms in total. The number of nitriles is 1. The molecular weight excluding hydrogens is 268 g/mol. The van der Waals surface area contributed by atoms with Crippen molar-refractivity contribution in [2.45, 2.75) is 25.0 Å². The summed E-state index contributed by atoms with van der Waals surface area (Å²) in [6.45, 7) is 0. The number of halogens is 1. The third kappa shape index (κ3) is 1.81. The van der Waals surface area contributed by atoms with Crippen LogP contribution in [-0.4, -0.2) is 24.0 Å². The van der Waals surface area contributed by atoms with E-state index < -0.39 is 24.0 Å². The molecule has 1 aromatic rings. The second kappa shape index (κ2) is 4.34. The first-order valence-corrected chi connectivity index (χ1v) is 6.22. The van der Waals surface area contributed by atoms with E-state index in [1.807, 2.05) is 6.07 Å². The zero-order valence-corrected chi connectivity index (χ0v) is 10.6. The zero-order valence-electron chi connectivity index (χ0n) is 9.80. The molecule has 2 saturated heterocycles. The first-order chi connectivity index (χ1) is 9.11. The maximum Gasteiger partial charge on any atom is 0.263 e. The summed E-state index contributed by atoms with van der Waals surface area (Å²) in [6, 6.07) is 6.47. The second-order valence-electron chi connectivity index (χ2n) is 4.48. The van der Waals surface area contributed by atoms with Crippen molar-refractivity contribution < 1.29 is 14.3 Å². The number of carbonyl (C=O) groups excluding carboxylic acids is 2. The van der Waals surface area contributed by atoms with Crippen LogP contribution in [0.2, 0.25) is 5.02 Å². The minimum Gasteiger partial charge on any atom is -0.355 e. The van der Waals surface area contributed by atoms with Crippen LogP contribution in [0.5, 0.6) is 0 Å². The summed E-state index contributed by atoms with van der Waals surface area (Å²) >= 11 is 5.89. The molecule has 2 fully saturated rings. The molecule has 0 aromatic heterocycles. The number of carbonyl (C=O) groups is 2. The topological polar surface area (TPSA) is 70.4 Å². The van der Waals surface area contributed by atoms with Crippen LogP contribution >= 0.6 is 11.6 Å². The Kier molecular flexibility index (Phi) is 2.77. The molecule has 2 aliphatic rings. The van der Waals surface area contributed by atoms with Crippen LogP contribution in [0.15, 0.2) is 18.2 Å². The summed E-state index contributed by atoms with van der Waals surface area (Å²) in [7, 11) is 0. The number of hydrogen-bond donors (Lipinski definition) is 0. The van der Waals surface area contributed by atoms with Crippen molar-refractivity contribution in [2.75, 3.05) is 4.90 Å². The largest absolute Gasteiger partial charge is 0.355 e. The number of hydrogen-bond acceptors (Lipinski definition) is 4. The molecule has 1 aromatic carbocycles. The number of fused-ring (bicyclic) bond motifs is 2. The molecule has 96 valence electrons. The van der Waals surface area contributed by atoms with Crippen LogP contribution in [0.3, 0.4) is 0 Å². The molecular formula is C13H9ClN2O3. The fourth-order valence-corrected chi connectivity index (χ4v) is 2.59. The summed E-state index contributed by atoms with van der Waals surface area (Å²) < 4.78 is 5.32. The molecule has 0 saturated carbocycles.